The first kappa shape index (κ1) is 13.1. The fourth-order valence-electron chi connectivity index (χ4n) is 3.56. The molecule has 1 heteroatoms. The highest BCUT2D eigenvalue weighted by Gasteiger charge is 2.35. The maximum Gasteiger partial charge on any atom is 0.00476 e. The number of rotatable bonds is 4. The number of nitrogens with one attached hydrogen (secondary N) is 1. The second-order valence-corrected chi connectivity index (χ2v) is 6.35. The van der Waals surface area contributed by atoms with Crippen molar-refractivity contribution in [1.29, 1.82) is 0 Å². The molecule has 1 saturated carbocycles. The van der Waals surface area contributed by atoms with Crippen molar-refractivity contribution in [2.45, 2.75) is 77.7 Å². The molecule has 0 bridgehead atoms. The van der Waals surface area contributed by atoms with E-state index in [9.17, 15) is 0 Å². The van der Waals surface area contributed by atoms with Gasteiger partial charge < -0.3 is 5.32 Å². The van der Waals surface area contributed by atoms with E-state index in [0.29, 0.717) is 11.5 Å². The zero-order chi connectivity index (χ0) is 12.1. The van der Waals surface area contributed by atoms with Crippen molar-refractivity contribution in [3.63, 3.8) is 0 Å². The molecule has 0 aromatic rings. The highest BCUT2D eigenvalue weighted by molar-refractivity contribution is 5.18. The predicted octanol–water partition coefficient (Wildman–Crippen LogP) is 4.44. The van der Waals surface area contributed by atoms with Gasteiger partial charge in [0.1, 0.15) is 0 Å². The van der Waals surface area contributed by atoms with E-state index < -0.39 is 0 Å². The third-order valence-corrected chi connectivity index (χ3v) is 4.63. The molecule has 0 saturated heterocycles. The molecule has 2 rings (SSSR count). The van der Waals surface area contributed by atoms with Gasteiger partial charge in [-0.05, 0) is 38.5 Å². The summed E-state index contributed by atoms with van der Waals surface area (Å²) in [5, 5.41) is 3.71. The maximum atomic E-state index is 3.71. The maximum absolute atomic E-state index is 3.71. The molecule has 0 aromatic carbocycles. The molecule has 0 aliphatic heterocycles. The Kier molecular flexibility index (Phi) is 4.67. The standard InChI is InChI=1S/C16H29N/c1-14(2)17-13-16(11-7-4-8-12-16)15-9-5-3-6-10-15/h9,14,17H,3-8,10-13H2,1-2H3. The van der Waals surface area contributed by atoms with Gasteiger partial charge in [0.25, 0.3) is 0 Å². The zero-order valence-electron chi connectivity index (χ0n) is 11.7. The van der Waals surface area contributed by atoms with E-state index in [-0.39, 0.29) is 0 Å². The molecule has 0 unspecified atom stereocenters. The van der Waals surface area contributed by atoms with E-state index in [1.807, 2.05) is 0 Å². The molecule has 0 spiro atoms. The highest BCUT2D eigenvalue weighted by Crippen LogP contribution is 2.45. The fraction of sp³-hybridized carbons (Fsp3) is 0.875. The van der Waals surface area contributed by atoms with Gasteiger partial charge in [-0.15, -0.1) is 0 Å². The van der Waals surface area contributed by atoms with Gasteiger partial charge in [0.05, 0.1) is 0 Å². The Bertz CT molecular complexity index is 259. The van der Waals surface area contributed by atoms with Crippen LogP contribution in [0.2, 0.25) is 0 Å². The molecule has 98 valence electrons. The van der Waals surface area contributed by atoms with E-state index in [0.717, 1.165) is 0 Å². The van der Waals surface area contributed by atoms with Crippen LogP contribution in [0.4, 0.5) is 0 Å². The van der Waals surface area contributed by atoms with Gasteiger partial charge >= 0.3 is 0 Å². The summed E-state index contributed by atoms with van der Waals surface area (Å²) < 4.78 is 0. The van der Waals surface area contributed by atoms with Crippen molar-refractivity contribution in [3.05, 3.63) is 11.6 Å². The Morgan fingerprint density at radius 1 is 1.12 bits per heavy atom. The summed E-state index contributed by atoms with van der Waals surface area (Å²) in [7, 11) is 0. The first-order valence-corrected chi connectivity index (χ1v) is 7.66. The van der Waals surface area contributed by atoms with E-state index in [4.69, 9.17) is 0 Å². The quantitative estimate of drug-likeness (QED) is 0.711. The summed E-state index contributed by atoms with van der Waals surface area (Å²) in [5.74, 6) is 0. The smallest absolute Gasteiger partial charge is 0.00476 e. The molecule has 2 aliphatic carbocycles. The molecule has 0 aromatic heterocycles. The van der Waals surface area contributed by atoms with E-state index in [1.165, 1.54) is 64.3 Å². The Morgan fingerprint density at radius 2 is 1.88 bits per heavy atom. The molecule has 1 N–H and O–H groups in total. The van der Waals surface area contributed by atoms with Crippen LogP contribution in [0.15, 0.2) is 11.6 Å². The average Bonchev–Trinajstić information content (AvgIpc) is 2.39. The van der Waals surface area contributed by atoms with Crippen LogP contribution in [0.1, 0.15) is 71.6 Å². The first-order valence-electron chi connectivity index (χ1n) is 7.66. The molecule has 2 aliphatic rings. The number of hydrogen-bond acceptors (Lipinski definition) is 1. The minimum atomic E-state index is 0.531. The zero-order valence-corrected chi connectivity index (χ0v) is 11.7. The molecule has 1 fully saturated rings. The van der Waals surface area contributed by atoms with Gasteiger partial charge in [-0.3, -0.25) is 0 Å². The minimum Gasteiger partial charge on any atom is -0.314 e. The lowest BCUT2D eigenvalue weighted by Crippen LogP contribution is -2.40. The van der Waals surface area contributed by atoms with Crippen molar-refractivity contribution < 1.29 is 0 Å². The van der Waals surface area contributed by atoms with Crippen LogP contribution < -0.4 is 5.32 Å². The molecule has 0 atom stereocenters. The summed E-state index contributed by atoms with van der Waals surface area (Å²) in [5.41, 5.74) is 2.33. The predicted molar refractivity (Wildman–Crippen MR) is 75.2 cm³/mol. The van der Waals surface area contributed by atoms with Crippen LogP contribution in [0.3, 0.4) is 0 Å². The second-order valence-electron chi connectivity index (χ2n) is 6.35. The number of hydrogen-bond donors (Lipinski definition) is 1. The summed E-state index contributed by atoms with van der Waals surface area (Å²) in [6.45, 7) is 5.76. The average molecular weight is 235 g/mol. The van der Waals surface area contributed by atoms with Gasteiger partial charge in [0.2, 0.25) is 0 Å². The van der Waals surface area contributed by atoms with Crippen molar-refractivity contribution in [3.8, 4) is 0 Å². The van der Waals surface area contributed by atoms with E-state index >= 15 is 0 Å². The van der Waals surface area contributed by atoms with Crippen LogP contribution in [-0.4, -0.2) is 12.6 Å². The van der Waals surface area contributed by atoms with Crippen LogP contribution >= 0.6 is 0 Å². The first-order chi connectivity index (χ1) is 8.23. The normalized spacial score (nSPS) is 24.8. The van der Waals surface area contributed by atoms with Crippen LogP contribution in [0.25, 0.3) is 0 Å². The van der Waals surface area contributed by atoms with Gasteiger partial charge in [0, 0.05) is 18.0 Å². The Morgan fingerprint density at radius 3 is 2.47 bits per heavy atom. The molecule has 0 amide bonds. The number of allylic oxidation sites excluding steroid dienone is 1. The molecule has 1 nitrogen and oxygen atoms in total. The molecule has 0 radical (unpaired) electrons. The summed E-state index contributed by atoms with van der Waals surface area (Å²) in [6, 6.07) is 0.623. The third-order valence-electron chi connectivity index (χ3n) is 4.63. The summed E-state index contributed by atoms with van der Waals surface area (Å²) in [6.07, 6.45) is 15.3. The topological polar surface area (TPSA) is 12.0 Å². The molecule has 17 heavy (non-hydrogen) atoms. The second kappa shape index (κ2) is 6.04. The lowest BCUT2D eigenvalue weighted by Gasteiger charge is -2.41. The van der Waals surface area contributed by atoms with Crippen LogP contribution in [0.5, 0.6) is 0 Å². The highest BCUT2D eigenvalue weighted by atomic mass is 14.9. The van der Waals surface area contributed by atoms with E-state index in [2.05, 4.69) is 25.2 Å². The Balaban J connectivity index is 2.07. The lowest BCUT2D eigenvalue weighted by atomic mass is 9.66. The largest absolute Gasteiger partial charge is 0.314 e. The lowest BCUT2D eigenvalue weighted by molar-refractivity contribution is 0.215. The minimum absolute atomic E-state index is 0.531. The van der Waals surface area contributed by atoms with Gasteiger partial charge in [-0.2, -0.15) is 0 Å². The molecular weight excluding hydrogens is 206 g/mol. The van der Waals surface area contributed by atoms with Crippen LogP contribution in [0, 0.1) is 5.41 Å². The van der Waals surface area contributed by atoms with Crippen molar-refractivity contribution in [1.82, 2.24) is 5.32 Å². The Labute approximate surface area is 107 Å². The third kappa shape index (κ3) is 3.34. The van der Waals surface area contributed by atoms with Crippen molar-refractivity contribution in [2.24, 2.45) is 5.41 Å². The van der Waals surface area contributed by atoms with E-state index in [1.54, 1.807) is 5.57 Å². The SMILES string of the molecule is CC(C)NCC1(C2=CCCCC2)CCCCC1. The Hall–Kier alpha value is -0.300. The van der Waals surface area contributed by atoms with Gasteiger partial charge in [-0.25, -0.2) is 0 Å². The summed E-state index contributed by atoms with van der Waals surface area (Å²) in [4.78, 5) is 0. The summed E-state index contributed by atoms with van der Waals surface area (Å²) >= 11 is 0. The van der Waals surface area contributed by atoms with Gasteiger partial charge in [-0.1, -0.05) is 44.8 Å². The van der Waals surface area contributed by atoms with Crippen molar-refractivity contribution >= 4 is 0 Å². The fourth-order valence-corrected chi connectivity index (χ4v) is 3.56. The monoisotopic (exact) mass is 235 g/mol. The molecular formula is C16H29N. The van der Waals surface area contributed by atoms with Crippen molar-refractivity contribution in [2.75, 3.05) is 6.54 Å². The molecule has 0 heterocycles. The van der Waals surface area contributed by atoms with Crippen LogP contribution in [-0.2, 0) is 0 Å². The van der Waals surface area contributed by atoms with Gasteiger partial charge in [0.15, 0.2) is 0 Å².